The first kappa shape index (κ1) is 16.1. The number of hydrogen-bond acceptors (Lipinski definition) is 3. The number of ether oxygens (including phenoxy) is 1. The normalized spacial score (nSPS) is 10.8. The number of nitrogens with zero attached hydrogens (tertiary/aromatic N) is 2. The third kappa shape index (κ3) is 3.25. The van der Waals surface area contributed by atoms with Gasteiger partial charge in [0.15, 0.2) is 0 Å². The van der Waals surface area contributed by atoms with E-state index in [1.807, 2.05) is 41.8 Å². The standard InChI is InChI=1S/C19H21N3O2/c1-4-24-18-8-6-5-7-15(18)21-19(23)11-22-12-20-16-9-13(2)14(3)10-17(16)22/h5-10,12H,4,11H2,1-3H3,(H,21,23). The summed E-state index contributed by atoms with van der Waals surface area (Å²) < 4.78 is 7.40. The topological polar surface area (TPSA) is 56.1 Å². The van der Waals surface area contributed by atoms with Crippen molar-refractivity contribution in [2.24, 2.45) is 0 Å². The summed E-state index contributed by atoms with van der Waals surface area (Å²) >= 11 is 0. The van der Waals surface area contributed by atoms with Crippen LogP contribution in [-0.2, 0) is 11.3 Å². The van der Waals surface area contributed by atoms with Gasteiger partial charge >= 0.3 is 0 Å². The number of carbonyl (C=O) groups excluding carboxylic acids is 1. The highest BCUT2D eigenvalue weighted by atomic mass is 16.5. The lowest BCUT2D eigenvalue weighted by Gasteiger charge is -2.12. The number of benzene rings is 2. The summed E-state index contributed by atoms with van der Waals surface area (Å²) in [6.45, 7) is 6.80. The van der Waals surface area contributed by atoms with E-state index in [9.17, 15) is 4.79 Å². The molecule has 0 aliphatic carbocycles. The molecular formula is C19H21N3O2. The highest BCUT2D eigenvalue weighted by Gasteiger charge is 2.11. The average Bonchev–Trinajstić information content (AvgIpc) is 2.92. The Bertz CT molecular complexity index is 883. The Hall–Kier alpha value is -2.82. The van der Waals surface area contributed by atoms with E-state index in [4.69, 9.17) is 4.74 Å². The maximum absolute atomic E-state index is 12.4. The zero-order valence-corrected chi connectivity index (χ0v) is 14.2. The predicted molar refractivity (Wildman–Crippen MR) is 95.4 cm³/mol. The van der Waals surface area contributed by atoms with Crippen molar-refractivity contribution in [1.82, 2.24) is 9.55 Å². The second kappa shape index (κ2) is 6.74. The van der Waals surface area contributed by atoms with E-state index in [0.29, 0.717) is 18.0 Å². The monoisotopic (exact) mass is 323 g/mol. The minimum absolute atomic E-state index is 0.111. The third-order valence-corrected chi connectivity index (χ3v) is 4.01. The lowest BCUT2D eigenvalue weighted by molar-refractivity contribution is -0.116. The third-order valence-electron chi connectivity index (χ3n) is 4.01. The van der Waals surface area contributed by atoms with Gasteiger partial charge < -0.3 is 14.6 Å². The van der Waals surface area contributed by atoms with Gasteiger partial charge in [0.25, 0.3) is 0 Å². The molecule has 124 valence electrons. The summed E-state index contributed by atoms with van der Waals surface area (Å²) in [5.74, 6) is 0.565. The zero-order valence-electron chi connectivity index (χ0n) is 14.2. The lowest BCUT2D eigenvalue weighted by atomic mass is 10.1. The molecule has 0 saturated heterocycles. The molecule has 1 N–H and O–H groups in total. The Kier molecular flexibility index (Phi) is 4.51. The first-order chi connectivity index (χ1) is 11.6. The van der Waals surface area contributed by atoms with Crippen LogP contribution in [0.3, 0.4) is 0 Å². The molecule has 0 aliphatic heterocycles. The Morgan fingerprint density at radius 1 is 1.21 bits per heavy atom. The minimum Gasteiger partial charge on any atom is -0.492 e. The van der Waals surface area contributed by atoms with E-state index < -0.39 is 0 Å². The maximum Gasteiger partial charge on any atom is 0.244 e. The predicted octanol–water partition coefficient (Wildman–Crippen LogP) is 3.69. The van der Waals surface area contributed by atoms with Crippen LogP contribution in [0, 0.1) is 13.8 Å². The molecule has 24 heavy (non-hydrogen) atoms. The van der Waals surface area contributed by atoms with Gasteiger partial charge in [0.05, 0.1) is 29.7 Å². The Balaban J connectivity index is 1.80. The first-order valence-electron chi connectivity index (χ1n) is 8.02. The molecule has 2 aromatic carbocycles. The molecule has 0 atom stereocenters. The number of amides is 1. The summed E-state index contributed by atoms with van der Waals surface area (Å²) in [7, 11) is 0. The molecule has 0 radical (unpaired) electrons. The van der Waals surface area contributed by atoms with Gasteiger partial charge in [0.1, 0.15) is 12.3 Å². The molecule has 5 heteroatoms. The number of aromatic nitrogens is 2. The van der Waals surface area contributed by atoms with Crippen LogP contribution in [0.25, 0.3) is 11.0 Å². The first-order valence-corrected chi connectivity index (χ1v) is 8.02. The highest BCUT2D eigenvalue weighted by molar-refractivity contribution is 5.93. The molecule has 0 fully saturated rings. The Morgan fingerprint density at radius 2 is 1.96 bits per heavy atom. The van der Waals surface area contributed by atoms with Gasteiger partial charge in [-0.1, -0.05) is 12.1 Å². The van der Waals surface area contributed by atoms with E-state index >= 15 is 0 Å². The summed E-state index contributed by atoms with van der Waals surface area (Å²) in [6.07, 6.45) is 1.71. The Morgan fingerprint density at radius 3 is 2.75 bits per heavy atom. The molecule has 3 aromatic rings. The van der Waals surface area contributed by atoms with Crippen molar-refractivity contribution in [3.63, 3.8) is 0 Å². The second-order valence-corrected chi connectivity index (χ2v) is 5.78. The van der Waals surface area contributed by atoms with E-state index in [0.717, 1.165) is 11.0 Å². The summed E-state index contributed by atoms with van der Waals surface area (Å²) in [4.78, 5) is 16.8. The van der Waals surface area contributed by atoms with E-state index in [-0.39, 0.29) is 12.5 Å². The molecule has 0 spiro atoms. The van der Waals surface area contributed by atoms with E-state index in [1.54, 1.807) is 6.33 Å². The number of nitrogens with one attached hydrogen (secondary N) is 1. The van der Waals surface area contributed by atoms with Crippen molar-refractivity contribution in [2.75, 3.05) is 11.9 Å². The molecule has 5 nitrogen and oxygen atoms in total. The van der Waals surface area contributed by atoms with Crippen molar-refractivity contribution in [3.05, 3.63) is 53.9 Å². The SMILES string of the molecule is CCOc1ccccc1NC(=O)Cn1cnc2cc(C)c(C)cc21. The number of carbonyl (C=O) groups is 1. The van der Waals surface area contributed by atoms with Crippen LogP contribution >= 0.6 is 0 Å². The van der Waals surface area contributed by atoms with Gasteiger partial charge in [-0.25, -0.2) is 4.98 Å². The van der Waals surface area contributed by atoms with Crippen LogP contribution < -0.4 is 10.1 Å². The summed E-state index contributed by atoms with van der Waals surface area (Å²) in [6, 6.07) is 11.6. The van der Waals surface area contributed by atoms with E-state index in [1.165, 1.54) is 11.1 Å². The number of imidazole rings is 1. The van der Waals surface area contributed by atoms with Gasteiger partial charge in [-0.15, -0.1) is 0 Å². The van der Waals surface area contributed by atoms with Crippen LogP contribution in [0.4, 0.5) is 5.69 Å². The quantitative estimate of drug-likeness (QED) is 0.779. The fourth-order valence-corrected chi connectivity index (χ4v) is 2.63. The van der Waals surface area contributed by atoms with Crippen molar-refractivity contribution >= 4 is 22.6 Å². The lowest BCUT2D eigenvalue weighted by Crippen LogP contribution is -2.18. The van der Waals surface area contributed by atoms with Crippen LogP contribution in [0.1, 0.15) is 18.1 Å². The van der Waals surface area contributed by atoms with Crippen LogP contribution in [0.5, 0.6) is 5.75 Å². The van der Waals surface area contributed by atoms with Crippen molar-refractivity contribution in [1.29, 1.82) is 0 Å². The van der Waals surface area contributed by atoms with Gasteiger partial charge in [0, 0.05) is 0 Å². The molecule has 0 bridgehead atoms. The molecule has 0 saturated carbocycles. The number of rotatable bonds is 5. The fraction of sp³-hybridized carbons (Fsp3) is 0.263. The molecular weight excluding hydrogens is 302 g/mol. The molecule has 1 aromatic heterocycles. The number of anilines is 1. The van der Waals surface area contributed by atoms with Crippen LogP contribution in [-0.4, -0.2) is 22.1 Å². The molecule has 0 unspecified atom stereocenters. The van der Waals surface area contributed by atoms with Crippen molar-refractivity contribution in [3.8, 4) is 5.75 Å². The fourth-order valence-electron chi connectivity index (χ4n) is 2.63. The smallest absolute Gasteiger partial charge is 0.244 e. The largest absolute Gasteiger partial charge is 0.492 e. The van der Waals surface area contributed by atoms with Crippen LogP contribution in [0.2, 0.25) is 0 Å². The highest BCUT2D eigenvalue weighted by Crippen LogP contribution is 2.24. The molecule has 1 amide bonds. The van der Waals surface area contributed by atoms with Gasteiger partial charge in [-0.2, -0.15) is 0 Å². The van der Waals surface area contributed by atoms with Gasteiger partial charge in [-0.3, -0.25) is 4.79 Å². The van der Waals surface area contributed by atoms with Crippen molar-refractivity contribution < 1.29 is 9.53 Å². The number of para-hydroxylation sites is 2. The second-order valence-electron chi connectivity index (χ2n) is 5.78. The van der Waals surface area contributed by atoms with Crippen LogP contribution in [0.15, 0.2) is 42.7 Å². The number of aryl methyl sites for hydroxylation is 2. The molecule has 1 heterocycles. The maximum atomic E-state index is 12.4. The van der Waals surface area contributed by atoms with Gasteiger partial charge in [-0.05, 0) is 56.2 Å². The summed E-state index contributed by atoms with van der Waals surface area (Å²) in [5, 5.41) is 2.91. The summed E-state index contributed by atoms with van der Waals surface area (Å²) in [5.41, 5.74) is 4.93. The zero-order chi connectivity index (χ0) is 17.1. The molecule has 0 aliphatic rings. The minimum atomic E-state index is -0.111. The Labute approximate surface area is 141 Å². The average molecular weight is 323 g/mol. The number of hydrogen-bond donors (Lipinski definition) is 1. The molecule has 3 rings (SSSR count). The number of fused-ring (bicyclic) bond motifs is 1. The van der Waals surface area contributed by atoms with Gasteiger partial charge in [0.2, 0.25) is 5.91 Å². The van der Waals surface area contributed by atoms with E-state index in [2.05, 4.69) is 30.2 Å². The van der Waals surface area contributed by atoms with Crippen molar-refractivity contribution in [2.45, 2.75) is 27.3 Å².